The second-order valence-corrected chi connectivity index (χ2v) is 13.2. The lowest BCUT2D eigenvalue weighted by atomic mass is 9.63. The molecule has 210 valence electrons. The van der Waals surface area contributed by atoms with Gasteiger partial charge in [-0.3, -0.25) is 9.00 Å². The van der Waals surface area contributed by atoms with Crippen molar-refractivity contribution in [3.63, 3.8) is 0 Å². The van der Waals surface area contributed by atoms with Crippen LogP contribution in [0, 0.1) is 5.92 Å². The normalized spacial score (nSPS) is 23.7. The summed E-state index contributed by atoms with van der Waals surface area (Å²) in [5.74, 6) is 1.71. The molecule has 3 fully saturated rings. The van der Waals surface area contributed by atoms with E-state index in [9.17, 15) is 9.00 Å². The molecular weight excluding hydrogens is 516 g/mol. The van der Waals surface area contributed by atoms with Crippen molar-refractivity contribution in [2.75, 3.05) is 43.4 Å². The van der Waals surface area contributed by atoms with Crippen molar-refractivity contribution in [1.82, 2.24) is 4.90 Å². The Kier molecular flexibility index (Phi) is 7.97. The predicted molar refractivity (Wildman–Crippen MR) is 163 cm³/mol. The highest BCUT2D eigenvalue weighted by Crippen LogP contribution is 2.50. The van der Waals surface area contributed by atoms with Gasteiger partial charge in [-0.15, -0.1) is 0 Å². The fourth-order valence-corrected chi connectivity index (χ4v) is 9.09. The molecular formula is C34H40N2O3S. The molecule has 0 N–H and O–H groups in total. The van der Waals surface area contributed by atoms with E-state index in [2.05, 4.69) is 84.6 Å². The molecule has 0 aromatic heterocycles. The van der Waals surface area contributed by atoms with Crippen LogP contribution in [0.4, 0.5) is 5.69 Å². The van der Waals surface area contributed by atoms with Gasteiger partial charge in [0.05, 0.1) is 24.0 Å². The second-order valence-electron chi connectivity index (χ2n) is 11.5. The Morgan fingerprint density at radius 2 is 1.60 bits per heavy atom. The van der Waals surface area contributed by atoms with E-state index in [0.29, 0.717) is 31.9 Å². The van der Waals surface area contributed by atoms with Crippen molar-refractivity contribution in [1.29, 1.82) is 0 Å². The monoisotopic (exact) mass is 556 g/mol. The fraction of sp³-hybridized carbons (Fsp3) is 0.441. The third-order valence-electron chi connectivity index (χ3n) is 9.18. The van der Waals surface area contributed by atoms with E-state index in [1.807, 2.05) is 11.0 Å². The first kappa shape index (κ1) is 27.1. The molecule has 0 spiro atoms. The average Bonchev–Trinajstić information content (AvgIpc) is 3.70. The number of likely N-dealkylation sites (tertiary alicyclic amines) is 1. The third kappa shape index (κ3) is 4.96. The van der Waals surface area contributed by atoms with Crippen LogP contribution in [-0.4, -0.2) is 58.8 Å². The van der Waals surface area contributed by atoms with E-state index >= 15 is 0 Å². The zero-order valence-electron chi connectivity index (χ0n) is 23.5. The number of carbonyl (C=O) groups excluding carboxylic acids is 1. The first-order valence-electron chi connectivity index (χ1n) is 14.9. The van der Waals surface area contributed by atoms with E-state index in [1.165, 1.54) is 24.0 Å². The molecule has 3 atom stereocenters. The topological polar surface area (TPSA) is 49.9 Å². The maximum atomic E-state index is 14.0. The number of hydrogen-bond acceptors (Lipinski definition) is 4. The third-order valence-corrected chi connectivity index (χ3v) is 10.9. The predicted octanol–water partition coefficient (Wildman–Crippen LogP) is 5.58. The summed E-state index contributed by atoms with van der Waals surface area (Å²) in [6.07, 6.45) is 4.42. The van der Waals surface area contributed by atoms with Gasteiger partial charge in [0.15, 0.2) is 0 Å². The minimum absolute atomic E-state index is 0.0372. The van der Waals surface area contributed by atoms with Gasteiger partial charge in [-0.25, -0.2) is 0 Å². The van der Waals surface area contributed by atoms with Crippen LogP contribution in [-0.2, 0) is 27.4 Å². The van der Waals surface area contributed by atoms with Crippen molar-refractivity contribution in [2.24, 2.45) is 5.92 Å². The van der Waals surface area contributed by atoms with Crippen LogP contribution in [0.2, 0.25) is 0 Å². The number of ether oxygens (including phenoxy) is 1. The molecule has 3 aromatic rings. The zero-order chi connectivity index (χ0) is 27.5. The summed E-state index contributed by atoms with van der Waals surface area (Å²) in [6, 6.07) is 27.6. The number of fused-ring (bicyclic) bond motifs is 1. The molecule has 3 aromatic carbocycles. The Balaban J connectivity index is 1.31. The van der Waals surface area contributed by atoms with Gasteiger partial charge in [-0.1, -0.05) is 79.7 Å². The number of hydrogen-bond donors (Lipinski definition) is 0. The number of amides is 1. The Bertz CT molecular complexity index is 1300. The number of rotatable bonds is 8. The van der Waals surface area contributed by atoms with E-state index in [4.69, 9.17) is 4.74 Å². The SMILES string of the molecule is CCCOc1c(CC(=O)N2CC3C(C2)C(c2ccccc2)(c2ccccc2)CCS3=O)cccc1N1CCCC1. The molecule has 0 saturated carbocycles. The van der Waals surface area contributed by atoms with Gasteiger partial charge in [-0.05, 0) is 42.9 Å². The molecule has 3 heterocycles. The number of carbonyl (C=O) groups is 1. The smallest absolute Gasteiger partial charge is 0.227 e. The molecule has 6 rings (SSSR count). The van der Waals surface area contributed by atoms with E-state index < -0.39 is 10.8 Å². The number of anilines is 1. The quantitative estimate of drug-likeness (QED) is 0.363. The highest BCUT2D eigenvalue weighted by molar-refractivity contribution is 7.85. The Morgan fingerprint density at radius 1 is 0.925 bits per heavy atom. The Morgan fingerprint density at radius 3 is 2.25 bits per heavy atom. The molecule has 40 heavy (non-hydrogen) atoms. The van der Waals surface area contributed by atoms with Crippen molar-refractivity contribution in [3.8, 4) is 5.75 Å². The lowest BCUT2D eigenvalue weighted by molar-refractivity contribution is -0.129. The molecule has 3 aliphatic heterocycles. The lowest BCUT2D eigenvalue weighted by Gasteiger charge is -2.45. The molecule has 6 heteroatoms. The van der Waals surface area contributed by atoms with Crippen molar-refractivity contribution < 1.29 is 13.7 Å². The van der Waals surface area contributed by atoms with E-state index in [1.54, 1.807) is 0 Å². The Hall–Kier alpha value is -3.12. The average molecular weight is 557 g/mol. The second kappa shape index (κ2) is 11.8. The van der Waals surface area contributed by atoms with E-state index in [-0.39, 0.29) is 22.5 Å². The van der Waals surface area contributed by atoms with Crippen LogP contribution in [0.5, 0.6) is 5.75 Å². The number of benzene rings is 3. The molecule has 3 aliphatic rings. The van der Waals surface area contributed by atoms with Crippen LogP contribution in [0.1, 0.15) is 49.3 Å². The molecule has 1 amide bonds. The summed E-state index contributed by atoms with van der Waals surface area (Å²) in [5, 5.41) is -0.0372. The molecule has 3 unspecified atom stereocenters. The zero-order valence-corrected chi connectivity index (χ0v) is 24.3. The summed E-state index contributed by atoms with van der Waals surface area (Å²) in [4.78, 5) is 18.3. The van der Waals surface area contributed by atoms with Gasteiger partial charge in [-0.2, -0.15) is 0 Å². The summed E-state index contributed by atoms with van der Waals surface area (Å²) >= 11 is 0. The maximum Gasteiger partial charge on any atom is 0.227 e. The van der Waals surface area contributed by atoms with Gasteiger partial charge >= 0.3 is 0 Å². The first-order valence-corrected chi connectivity index (χ1v) is 16.3. The van der Waals surface area contributed by atoms with E-state index in [0.717, 1.165) is 42.9 Å². The molecule has 0 bridgehead atoms. The molecule has 0 radical (unpaired) electrons. The maximum absolute atomic E-state index is 14.0. The van der Waals surface area contributed by atoms with Crippen LogP contribution >= 0.6 is 0 Å². The van der Waals surface area contributed by atoms with Gasteiger partial charge in [0, 0.05) is 59.6 Å². The molecule has 3 saturated heterocycles. The van der Waals surface area contributed by atoms with Crippen LogP contribution in [0.15, 0.2) is 78.9 Å². The van der Waals surface area contributed by atoms with Crippen molar-refractivity contribution >= 4 is 22.4 Å². The van der Waals surface area contributed by atoms with Crippen LogP contribution in [0.3, 0.4) is 0 Å². The molecule has 0 aliphatic carbocycles. The van der Waals surface area contributed by atoms with Crippen LogP contribution < -0.4 is 9.64 Å². The lowest BCUT2D eigenvalue weighted by Crippen LogP contribution is -2.49. The van der Waals surface area contributed by atoms with Gasteiger partial charge in [0.1, 0.15) is 5.75 Å². The highest BCUT2D eigenvalue weighted by atomic mass is 32.2. The summed E-state index contributed by atoms with van der Waals surface area (Å²) in [6.45, 7) is 5.98. The summed E-state index contributed by atoms with van der Waals surface area (Å²) in [7, 11) is -0.963. The van der Waals surface area contributed by atoms with Crippen molar-refractivity contribution in [3.05, 3.63) is 95.6 Å². The van der Waals surface area contributed by atoms with Crippen LogP contribution in [0.25, 0.3) is 0 Å². The van der Waals surface area contributed by atoms with Gasteiger partial charge < -0.3 is 14.5 Å². The number of para-hydroxylation sites is 1. The van der Waals surface area contributed by atoms with Gasteiger partial charge in [0.25, 0.3) is 0 Å². The van der Waals surface area contributed by atoms with Crippen molar-refractivity contribution in [2.45, 2.75) is 49.7 Å². The summed E-state index contributed by atoms with van der Waals surface area (Å²) < 4.78 is 19.8. The Labute approximate surface area is 241 Å². The largest absolute Gasteiger partial charge is 0.491 e. The minimum atomic E-state index is -0.963. The summed E-state index contributed by atoms with van der Waals surface area (Å²) in [5.41, 5.74) is 4.32. The fourth-order valence-electron chi connectivity index (χ4n) is 7.23. The minimum Gasteiger partial charge on any atom is -0.491 e. The van der Waals surface area contributed by atoms with Gasteiger partial charge in [0.2, 0.25) is 5.91 Å². The highest BCUT2D eigenvalue weighted by Gasteiger charge is 2.55. The molecule has 5 nitrogen and oxygen atoms in total. The standard InChI is InChI=1S/C34H40N2O3S/c1-2-21-39-33-26(12-11-17-30(33)35-19-9-10-20-35)23-32(37)36-24-29-31(25-36)40(38)22-18-34(29,27-13-5-3-6-14-27)28-15-7-4-8-16-28/h3-8,11-17,29,31H,2,9-10,18-25H2,1H3. The first-order chi connectivity index (χ1) is 19.6. The number of nitrogens with zero attached hydrogens (tertiary/aromatic N) is 2.